The minimum absolute atomic E-state index is 0. The SMILES string of the molecule is CC1C2CC3CC(C2)CC1([NH+](C12CC4CC(CC(C4)C1C)C2)C12CC4CC(CC(C4)C1C)C2)C3.[I-]. The smallest absolute Gasteiger partial charge is 0.102 e. The Kier molecular flexibility index (Phi) is 5.02. The zero-order valence-electron chi connectivity index (χ0n) is 22.9. The highest BCUT2D eigenvalue weighted by atomic mass is 127. The maximum Gasteiger partial charge on any atom is 0.102 e. The highest BCUT2D eigenvalue weighted by molar-refractivity contribution is 5.15. The summed E-state index contributed by atoms with van der Waals surface area (Å²) >= 11 is 0. The summed E-state index contributed by atoms with van der Waals surface area (Å²) in [5.41, 5.74) is 1.94. The zero-order valence-corrected chi connectivity index (χ0v) is 25.1. The summed E-state index contributed by atoms with van der Waals surface area (Å²) in [6.45, 7) is 8.45. The summed E-state index contributed by atoms with van der Waals surface area (Å²) in [7, 11) is 0. The lowest BCUT2D eigenvalue weighted by Crippen LogP contribution is -3.36. The molecule has 12 bridgehead atoms. The molecule has 9 unspecified atom stereocenters. The van der Waals surface area contributed by atoms with Crippen LogP contribution in [-0.4, -0.2) is 16.6 Å². The van der Waals surface area contributed by atoms with E-state index in [2.05, 4.69) is 25.7 Å². The largest absolute Gasteiger partial charge is 1.00 e. The first-order chi connectivity index (χ1) is 16.4. The number of halogens is 1. The summed E-state index contributed by atoms with van der Waals surface area (Å²) in [6.07, 6.45) is 24.3. The number of hydrogen-bond donors (Lipinski definition) is 1. The molecule has 0 aromatic heterocycles. The molecule has 12 aliphatic rings. The van der Waals surface area contributed by atoms with Crippen molar-refractivity contribution in [3.8, 4) is 0 Å². The molecule has 12 fully saturated rings. The van der Waals surface area contributed by atoms with Crippen LogP contribution in [0.5, 0.6) is 0 Å². The molecule has 0 heterocycles. The van der Waals surface area contributed by atoms with Crippen LogP contribution in [-0.2, 0) is 0 Å². The third kappa shape index (κ3) is 2.82. The molecule has 12 rings (SSSR count). The Hall–Kier alpha value is 0.690. The molecular formula is C33H52IN. The van der Waals surface area contributed by atoms with Crippen molar-refractivity contribution < 1.29 is 28.9 Å². The summed E-state index contributed by atoms with van der Waals surface area (Å²) < 4.78 is 0. The standard InChI is InChI=1S/C33H51N.HI/c1-19-28-7-22-4-23(8-28)14-31(19,13-22)34(32-15-24-5-25(16-32)10-29(9-24)20(32)2)33-17-26-6-27(18-33)12-30(11-26)21(33)3;/h19-30H,4-18H2,1-3H3;1H. The van der Waals surface area contributed by atoms with Crippen molar-refractivity contribution in [1.29, 1.82) is 0 Å². The van der Waals surface area contributed by atoms with Crippen molar-refractivity contribution >= 4 is 0 Å². The fourth-order valence-corrected chi connectivity index (χ4v) is 15.7. The van der Waals surface area contributed by atoms with Crippen molar-refractivity contribution in [3.05, 3.63) is 0 Å². The summed E-state index contributed by atoms with van der Waals surface area (Å²) in [6, 6.07) is 0. The minimum atomic E-state index is 0. The summed E-state index contributed by atoms with van der Waals surface area (Å²) in [4.78, 5) is 2.39. The predicted octanol–water partition coefficient (Wildman–Crippen LogP) is 3.52. The monoisotopic (exact) mass is 589 g/mol. The first-order valence-corrected chi connectivity index (χ1v) is 16.3. The second-order valence-electron chi connectivity index (χ2n) is 17.0. The van der Waals surface area contributed by atoms with Gasteiger partial charge in [0.25, 0.3) is 0 Å². The topological polar surface area (TPSA) is 4.44 Å². The van der Waals surface area contributed by atoms with Gasteiger partial charge in [-0.1, -0.05) is 20.8 Å². The first-order valence-electron chi connectivity index (χ1n) is 16.3. The van der Waals surface area contributed by atoms with E-state index in [1.54, 1.807) is 96.3 Å². The van der Waals surface area contributed by atoms with E-state index in [1.807, 2.05) is 0 Å². The normalized spacial score (nSPS) is 65.6. The van der Waals surface area contributed by atoms with Gasteiger partial charge in [-0.25, -0.2) is 0 Å². The van der Waals surface area contributed by atoms with Gasteiger partial charge in [0.15, 0.2) is 0 Å². The highest BCUT2D eigenvalue weighted by Gasteiger charge is 2.75. The molecule has 2 heteroatoms. The lowest BCUT2D eigenvalue weighted by Gasteiger charge is -2.76. The summed E-state index contributed by atoms with van der Waals surface area (Å²) in [5, 5.41) is 0. The van der Waals surface area contributed by atoms with E-state index in [0.717, 1.165) is 71.0 Å². The third-order valence-corrected chi connectivity index (χ3v) is 16.0. The molecule has 12 saturated carbocycles. The highest BCUT2D eigenvalue weighted by Crippen LogP contribution is 2.65. The Morgan fingerprint density at radius 3 is 0.857 bits per heavy atom. The molecule has 1 nitrogen and oxygen atoms in total. The van der Waals surface area contributed by atoms with E-state index < -0.39 is 0 Å². The fourth-order valence-electron chi connectivity index (χ4n) is 15.7. The molecule has 0 amide bonds. The van der Waals surface area contributed by atoms with Gasteiger partial charge in [0, 0.05) is 56.3 Å². The van der Waals surface area contributed by atoms with Gasteiger partial charge in [-0.2, -0.15) is 0 Å². The van der Waals surface area contributed by atoms with Crippen molar-refractivity contribution in [3.63, 3.8) is 0 Å². The van der Waals surface area contributed by atoms with Crippen LogP contribution in [0.3, 0.4) is 0 Å². The number of nitrogens with one attached hydrogen (secondary N) is 1. The molecule has 0 aromatic carbocycles. The molecule has 0 saturated heterocycles. The zero-order chi connectivity index (χ0) is 22.6. The molecule has 35 heavy (non-hydrogen) atoms. The molecule has 0 spiro atoms. The van der Waals surface area contributed by atoms with Crippen molar-refractivity contribution in [2.45, 2.75) is 134 Å². The Bertz CT molecular complexity index is 739. The van der Waals surface area contributed by atoms with Crippen LogP contribution < -0.4 is 28.9 Å². The van der Waals surface area contributed by atoms with Gasteiger partial charge in [0.05, 0.1) is 0 Å². The van der Waals surface area contributed by atoms with Crippen LogP contribution in [0, 0.1) is 71.0 Å². The number of rotatable bonds is 3. The molecule has 0 aromatic rings. The molecule has 196 valence electrons. The fraction of sp³-hybridized carbons (Fsp3) is 1.00. The van der Waals surface area contributed by atoms with Gasteiger partial charge in [-0.15, -0.1) is 0 Å². The van der Waals surface area contributed by atoms with Gasteiger partial charge in [-0.3, -0.25) is 0 Å². The average molecular weight is 590 g/mol. The number of hydrogen-bond acceptors (Lipinski definition) is 0. The van der Waals surface area contributed by atoms with E-state index in [1.165, 1.54) is 0 Å². The van der Waals surface area contributed by atoms with Crippen LogP contribution >= 0.6 is 0 Å². The maximum absolute atomic E-state index is 2.82. The lowest BCUT2D eigenvalue weighted by atomic mass is 9.40. The van der Waals surface area contributed by atoms with Crippen molar-refractivity contribution in [1.82, 2.24) is 0 Å². The second kappa shape index (κ2) is 7.45. The van der Waals surface area contributed by atoms with Crippen LogP contribution in [0.2, 0.25) is 0 Å². The molecular weight excluding hydrogens is 537 g/mol. The Labute approximate surface area is 232 Å². The van der Waals surface area contributed by atoms with E-state index >= 15 is 0 Å². The second-order valence-corrected chi connectivity index (χ2v) is 17.0. The van der Waals surface area contributed by atoms with E-state index in [-0.39, 0.29) is 24.0 Å². The predicted molar refractivity (Wildman–Crippen MR) is 137 cm³/mol. The van der Waals surface area contributed by atoms with E-state index in [0.29, 0.717) is 16.6 Å². The molecule has 0 aliphatic heterocycles. The third-order valence-electron chi connectivity index (χ3n) is 16.0. The van der Waals surface area contributed by atoms with Crippen LogP contribution in [0.4, 0.5) is 0 Å². The maximum atomic E-state index is 2.82. The molecule has 12 aliphatic carbocycles. The van der Waals surface area contributed by atoms with Crippen molar-refractivity contribution in [2.24, 2.45) is 71.0 Å². The molecule has 9 atom stereocenters. The van der Waals surface area contributed by atoms with E-state index in [4.69, 9.17) is 0 Å². The summed E-state index contributed by atoms with van der Waals surface area (Å²) in [5.74, 6) is 12.8. The van der Waals surface area contributed by atoms with Gasteiger partial charge >= 0.3 is 0 Å². The van der Waals surface area contributed by atoms with Gasteiger partial charge in [0.2, 0.25) is 0 Å². The van der Waals surface area contributed by atoms with Crippen LogP contribution in [0.1, 0.15) is 117 Å². The average Bonchev–Trinajstić information content (AvgIpc) is 2.78. The van der Waals surface area contributed by atoms with Gasteiger partial charge < -0.3 is 28.9 Å². The van der Waals surface area contributed by atoms with Gasteiger partial charge in [0.1, 0.15) is 16.6 Å². The quantitative estimate of drug-likeness (QED) is 0.481. The molecule has 1 N–H and O–H groups in total. The molecule has 0 radical (unpaired) electrons. The first kappa shape index (κ1) is 23.6. The van der Waals surface area contributed by atoms with E-state index in [9.17, 15) is 0 Å². The van der Waals surface area contributed by atoms with Gasteiger partial charge in [-0.05, 0) is 111 Å². The van der Waals surface area contributed by atoms with Crippen LogP contribution in [0.15, 0.2) is 0 Å². The van der Waals surface area contributed by atoms with Crippen molar-refractivity contribution in [2.75, 3.05) is 0 Å². The lowest BCUT2D eigenvalue weighted by molar-refractivity contribution is -1.07. The Morgan fingerprint density at radius 1 is 0.400 bits per heavy atom. The Morgan fingerprint density at radius 2 is 0.629 bits per heavy atom. The Balaban J connectivity index is 0.00000196. The van der Waals surface area contributed by atoms with Crippen LogP contribution in [0.25, 0.3) is 0 Å². The number of quaternary nitrogens is 1. The minimum Gasteiger partial charge on any atom is -1.00 e.